The number of hydrogen-bond acceptors (Lipinski definition) is 6. The van der Waals surface area contributed by atoms with E-state index in [1.54, 1.807) is 32.0 Å². The summed E-state index contributed by atoms with van der Waals surface area (Å²) in [5.41, 5.74) is 2.28. The van der Waals surface area contributed by atoms with Crippen molar-refractivity contribution in [2.75, 3.05) is 13.2 Å². The van der Waals surface area contributed by atoms with Crippen LogP contribution in [0.15, 0.2) is 59.8 Å². The first kappa shape index (κ1) is 22.2. The van der Waals surface area contributed by atoms with E-state index in [0.29, 0.717) is 36.0 Å². The van der Waals surface area contributed by atoms with Gasteiger partial charge in [0, 0.05) is 5.70 Å². The van der Waals surface area contributed by atoms with E-state index in [1.165, 1.54) is 0 Å². The average molecular weight is 425 g/mol. The van der Waals surface area contributed by atoms with Crippen LogP contribution in [-0.2, 0) is 16.1 Å². The van der Waals surface area contributed by atoms with E-state index in [4.69, 9.17) is 20.1 Å². The molecule has 8 heteroatoms. The largest absolute Gasteiger partial charge is 0.490 e. The highest BCUT2D eigenvalue weighted by Gasteiger charge is 2.35. The number of benzene rings is 2. The molecule has 3 N–H and O–H groups in total. The summed E-state index contributed by atoms with van der Waals surface area (Å²) in [7, 11) is 0. The molecule has 0 bridgehead atoms. The number of carbonyl (C=O) groups excluding carboxylic acids is 2. The molecule has 164 valence electrons. The van der Waals surface area contributed by atoms with Crippen LogP contribution >= 0.6 is 0 Å². The Morgan fingerprint density at radius 3 is 2.48 bits per heavy atom. The van der Waals surface area contributed by atoms with Crippen molar-refractivity contribution in [1.29, 1.82) is 0 Å². The molecule has 2 aromatic carbocycles. The lowest BCUT2D eigenvalue weighted by Crippen LogP contribution is -2.51. The van der Waals surface area contributed by atoms with Crippen molar-refractivity contribution in [2.45, 2.75) is 33.4 Å². The van der Waals surface area contributed by atoms with Crippen LogP contribution in [0.3, 0.4) is 0 Å². The quantitative estimate of drug-likeness (QED) is 0.382. The fraction of sp³-hybridized carbons (Fsp3) is 0.304. The second kappa shape index (κ2) is 9.99. The number of nitrogens with two attached hydrogens (primary N) is 1. The molecule has 0 unspecified atom stereocenters. The normalized spacial score (nSPS) is 16.1. The van der Waals surface area contributed by atoms with Crippen molar-refractivity contribution >= 4 is 12.0 Å². The van der Waals surface area contributed by atoms with Gasteiger partial charge < -0.3 is 19.5 Å². The van der Waals surface area contributed by atoms with Crippen molar-refractivity contribution in [3.63, 3.8) is 0 Å². The Kier molecular flexibility index (Phi) is 7.15. The summed E-state index contributed by atoms with van der Waals surface area (Å²) in [5, 5.41) is 3.66. The third kappa shape index (κ3) is 4.97. The fourth-order valence-electron chi connectivity index (χ4n) is 3.31. The molecule has 0 spiro atoms. The fourth-order valence-corrected chi connectivity index (χ4v) is 3.31. The number of allylic oxidation sites excluding steroid dienone is 1. The first-order valence-electron chi connectivity index (χ1n) is 10.1. The molecule has 8 nitrogen and oxygen atoms in total. The molecule has 1 aliphatic rings. The SMILES string of the molecule is CCOC(=O)C1=C(C)N(N)C(=O)N[C@@H]1c1ccc(OCc2ccccc2)c(OCC)c1. The van der Waals surface area contributed by atoms with Crippen LogP contribution in [0.1, 0.15) is 37.9 Å². The van der Waals surface area contributed by atoms with Gasteiger partial charge in [0.1, 0.15) is 6.61 Å². The Labute approximate surface area is 181 Å². The molecule has 0 saturated carbocycles. The zero-order valence-electron chi connectivity index (χ0n) is 17.9. The minimum atomic E-state index is -0.728. The molecule has 31 heavy (non-hydrogen) atoms. The van der Waals surface area contributed by atoms with E-state index in [1.807, 2.05) is 37.3 Å². The van der Waals surface area contributed by atoms with Gasteiger partial charge in [0.05, 0.1) is 24.8 Å². The standard InChI is InChI=1S/C23H27N3O5/c1-4-29-19-13-17(11-12-18(19)31-14-16-9-7-6-8-10-16)21-20(22(27)30-5-2)15(3)26(24)23(28)25-21/h6-13,21H,4-5,14,24H2,1-3H3,(H,25,28)/t21-/m1/s1. The first-order chi connectivity index (χ1) is 15.0. The number of rotatable bonds is 8. The van der Waals surface area contributed by atoms with Gasteiger partial charge in [-0.25, -0.2) is 20.4 Å². The molecular formula is C23H27N3O5. The summed E-state index contributed by atoms with van der Waals surface area (Å²) in [6, 6.07) is 13.9. The van der Waals surface area contributed by atoms with Gasteiger partial charge in [-0.2, -0.15) is 0 Å². The van der Waals surface area contributed by atoms with Crippen molar-refractivity contribution in [3.8, 4) is 11.5 Å². The summed E-state index contributed by atoms with van der Waals surface area (Å²) in [4.78, 5) is 24.9. The van der Waals surface area contributed by atoms with Crippen LogP contribution in [0.5, 0.6) is 11.5 Å². The summed E-state index contributed by atoms with van der Waals surface area (Å²) >= 11 is 0. The third-order valence-corrected chi connectivity index (χ3v) is 4.86. The van der Waals surface area contributed by atoms with Gasteiger partial charge in [-0.05, 0) is 44.0 Å². The molecule has 2 amide bonds. The van der Waals surface area contributed by atoms with E-state index >= 15 is 0 Å². The van der Waals surface area contributed by atoms with Crippen molar-refractivity contribution in [2.24, 2.45) is 5.84 Å². The number of carbonyl (C=O) groups is 2. The number of hydrogen-bond donors (Lipinski definition) is 2. The average Bonchev–Trinajstić information content (AvgIpc) is 2.77. The van der Waals surface area contributed by atoms with E-state index < -0.39 is 18.0 Å². The summed E-state index contributed by atoms with van der Waals surface area (Å²) < 4.78 is 16.9. The van der Waals surface area contributed by atoms with Crippen LogP contribution in [0, 0.1) is 0 Å². The molecule has 1 heterocycles. The summed E-state index contributed by atoms with van der Waals surface area (Å²) in [6.07, 6.45) is 0. The maximum atomic E-state index is 12.6. The molecule has 0 radical (unpaired) electrons. The monoisotopic (exact) mass is 425 g/mol. The molecule has 0 aliphatic carbocycles. The Morgan fingerprint density at radius 2 is 1.81 bits per heavy atom. The maximum Gasteiger partial charge on any atom is 0.338 e. The van der Waals surface area contributed by atoms with E-state index in [-0.39, 0.29) is 12.2 Å². The van der Waals surface area contributed by atoms with Crippen molar-refractivity contribution in [1.82, 2.24) is 10.3 Å². The Hall–Kier alpha value is -3.52. The van der Waals surface area contributed by atoms with Crippen molar-refractivity contribution in [3.05, 3.63) is 70.9 Å². The van der Waals surface area contributed by atoms with Gasteiger partial charge in [0.25, 0.3) is 0 Å². The van der Waals surface area contributed by atoms with E-state index in [2.05, 4.69) is 5.32 Å². The predicted octanol–water partition coefficient (Wildman–Crippen LogP) is 3.44. The van der Waals surface area contributed by atoms with Gasteiger partial charge in [-0.1, -0.05) is 36.4 Å². The van der Waals surface area contributed by atoms with E-state index in [9.17, 15) is 9.59 Å². The van der Waals surface area contributed by atoms with Gasteiger partial charge >= 0.3 is 12.0 Å². The van der Waals surface area contributed by atoms with Crippen LogP contribution in [-0.4, -0.2) is 30.2 Å². The van der Waals surface area contributed by atoms with Gasteiger partial charge in [0.2, 0.25) is 0 Å². The van der Waals surface area contributed by atoms with Crippen LogP contribution in [0.2, 0.25) is 0 Å². The second-order valence-electron chi connectivity index (χ2n) is 6.89. The highest BCUT2D eigenvalue weighted by molar-refractivity contribution is 5.94. The molecule has 0 aromatic heterocycles. The highest BCUT2D eigenvalue weighted by atomic mass is 16.5. The second-order valence-corrected chi connectivity index (χ2v) is 6.89. The molecule has 1 aliphatic heterocycles. The Balaban J connectivity index is 1.94. The minimum absolute atomic E-state index is 0.206. The third-order valence-electron chi connectivity index (χ3n) is 4.86. The zero-order valence-corrected chi connectivity index (χ0v) is 17.9. The predicted molar refractivity (Wildman–Crippen MR) is 115 cm³/mol. The molecule has 3 rings (SSSR count). The highest BCUT2D eigenvalue weighted by Crippen LogP contribution is 2.36. The number of esters is 1. The molecule has 0 fully saturated rings. The van der Waals surface area contributed by atoms with Gasteiger partial charge in [0.15, 0.2) is 11.5 Å². The van der Waals surface area contributed by atoms with E-state index in [0.717, 1.165) is 10.6 Å². The number of urea groups is 1. The number of ether oxygens (including phenoxy) is 3. The lowest BCUT2D eigenvalue weighted by molar-refractivity contribution is -0.139. The smallest absolute Gasteiger partial charge is 0.338 e. The van der Waals surface area contributed by atoms with Gasteiger partial charge in [-0.15, -0.1) is 0 Å². The Morgan fingerprint density at radius 1 is 1.06 bits per heavy atom. The topological polar surface area (TPSA) is 103 Å². The minimum Gasteiger partial charge on any atom is -0.490 e. The first-order valence-corrected chi connectivity index (χ1v) is 10.1. The summed E-state index contributed by atoms with van der Waals surface area (Å²) in [6.45, 7) is 6.22. The number of nitrogens with zero attached hydrogens (tertiary/aromatic N) is 1. The Bertz CT molecular complexity index is 974. The zero-order chi connectivity index (χ0) is 22.4. The van der Waals surface area contributed by atoms with Crippen LogP contribution in [0.4, 0.5) is 4.79 Å². The number of hydrazine groups is 1. The van der Waals surface area contributed by atoms with Gasteiger partial charge in [-0.3, -0.25) is 0 Å². The molecule has 2 aromatic rings. The van der Waals surface area contributed by atoms with Crippen LogP contribution < -0.4 is 20.6 Å². The summed E-state index contributed by atoms with van der Waals surface area (Å²) in [5.74, 6) is 6.34. The van der Waals surface area contributed by atoms with Crippen molar-refractivity contribution < 1.29 is 23.8 Å². The lowest BCUT2D eigenvalue weighted by atomic mass is 9.95. The molecule has 0 saturated heterocycles. The van der Waals surface area contributed by atoms with Crippen LogP contribution in [0.25, 0.3) is 0 Å². The molecule has 1 atom stereocenters. The number of nitrogens with one attached hydrogen (secondary N) is 1. The molecular weight excluding hydrogens is 398 g/mol. The maximum absolute atomic E-state index is 12.6. The lowest BCUT2D eigenvalue weighted by Gasteiger charge is -2.32. The number of amides is 2.